The molecule has 0 atom stereocenters. The van der Waals surface area contributed by atoms with Crippen LogP contribution in [0.25, 0.3) is 0 Å². The topological polar surface area (TPSA) is 3.24 Å². The van der Waals surface area contributed by atoms with Crippen molar-refractivity contribution in [3.05, 3.63) is 58.1 Å². The van der Waals surface area contributed by atoms with E-state index in [0.29, 0.717) is 0 Å². The molecule has 0 fully saturated rings. The first-order valence-electron chi connectivity index (χ1n) is 6.51. The van der Waals surface area contributed by atoms with Crippen LogP contribution in [0.5, 0.6) is 0 Å². The summed E-state index contributed by atoms with van der Waals surface area (Å²) in [5.74, 6) is 0. The predicted molar refractivity (Wildman–Crippen MR) is 78.0 cm³/mol. The number of hydrogen-bond acceptors (Lipinski definition) is 1. The van der Waals surface area contributed by atoms with Crippen molar-refractivity contribution in [3.63, 3.8) is 0 Å². The highest BCUT2D eigenvalue weighted by Gasteiger charge is 2.22. The molecule has 0 saturated carbocycles. The minimum absolute atomic E-state index is 1.05. The fraction of sp³-hybridized carbons (Fsp3) is 0.294. The van der Waals surface area contributed by atoms with E-state index >= 15 is 0 Å². The Morgan fingerprint density at radius 3 is 2.44 bits per heavy atom. The summed E-state index contributed by atoms with van der Waals surface area (Å²) in [7, 11) is 2.18. The van der Waals surface area contributed by atoms with Crippen molar-refractivity contribution < 1.29 is 0 Å². The monoisotopic (exact) mass is 237 g/mol. The molecule has 0 bridgehead atoms. The number of rotatable bonds is 0. The molecule has 1 heteroatoms. The van der Waals surface area contributed by atoms with Crippen LogP contribution >= 0.6 is 0 Å². The van der Waals surface area contributed by atoms with Crippen molar-refractivity contribution in [1.82, 2.24) is 0 Å². The number of anilines is 2. The lowest BCUT2D eigenvalue weighted by atomic mass is 9.89. The quantitative estimate of drug-likeness (QED) is 0.661. The van der Waals surface area contributed by atoms with E-state index in [-0.39, 0.29) is 0 Å². The molecule has 2 aromatic carbocycles. The zero-order valence-corrected chi connectivity index (χ0v) is 11.5. The molecular weight excluding hydrogens is 218 g/mol. The normalized spacial score (nSPS) is 13.2. The predicted octanol–water partition coefficient (Wildman–Crippen LogP) is 4.28. The SMILES string of the molecule is Cc1cc2c(c(C)c1C)N(C)c1ccccc1C2. The largest absolute Gasteiger partial charge is 0.344 e. The van der Waals surface area contributed by atoms with Crippen LogP contribution in [0, 0.1) is 20.8 Å². The minimum atomic E-state index is 1.05. The van der Waals surface area contributed by atoms with Crippen molar-refractivity contribution >= 4 is 11.4 Å². The molecular formula is C17H19N. The molecule has 18 heavy (non-hydrogen) atoms. The summed E-state index contributed by atoms with van der Waals surface area (Å²) in [4.78, 5) is 2.34. The summed E-state index contributed by atoms with van der Waals surface area (Å²) in [6.07, 6.45) is 1.05. The average molecular weight is 237 g/mol. The minimum Gasteiger partial charge on any atom is -0.344 e. The lowest BCUT2D eigenvalue weighted by Gasteiger charge is -2.32. The van der Waals surface area contributed by atoms with Crippen molar-refractivity contribution in [3.8, 4) is 0 Å². The van der Waals surface area contributed by atoms with Gasteiger partial charge in [0.05, 0.1) is 0 Å². The van der Waals surface area contributed by atoms with E-state index in [1.54, 1.807) is 0 Å². The lowest BCUT2D eigenvalue weighted by molar-refractivity contribution is 1.03. The van der Waals surface area contributed by atoms with E-state index in [1.807, 2.05) is 0 Å². The van der Waals surface area contributed by atoms with Crippen LogP contribution in [0.4, 0.5) is 11.4 Å². The Labute approximate surface area is 109 Å². The number of nitrogens with zero attached hydrogens (tertiary/aromatic N) is 1. The van der Waals surface area contributed by atoms with Gasteiger partial charge in [-0.3, -0.25) is 0 Å². The van der Waals surface area contributed by atoms with Gasteiger partial charge in [0.25, 0.3) is 0 Å². The number of fused-ring (bicyclic) bond motifs is 2. The van der Waals surface area contributed by atoms with Gasteiger partial charge in [-0.05, 0) is 54.7 Å². The second-order valence-electron chi connectivity index (χ2n) is 5.32. The Morgan fingerprint density at radius 2 is 1.67 bits per heavy atom. The van der Waals surface area contributed by atoms with Gasteiger partial charge < -0.3 is 4.90 Å². The summed E-state index contributed by atoms with van der Waals surface area (Å²) >= 11 is 0. The van der Waals surface area contributed by atoms with E-state index in [2.05, 4.69) is 63.1 Å². The molecule has 3 rings (SSSR count). The van der Waals surface area contributed by atoms with Gasteiger partial charge in [-0.25, -0.2) is 0 Å². The van der Waals surface area contributed by atoms with E-state index in [1.165, 1.54) is 39.2 Å². The fourth-order valence-corrected chi connectivity index (χ4v) is 3.07. The van der Waals surface area contributed by atoms with Crippen molar-refractivity contribution in [2.75, 3.05) is 11.9 Å². The summed E-state index contributed by atoms with van der Waals surface area (Å²) in [5, 5.41) is 0. The van der Waals surface area contributed by atoms with Crippen molar-refractivity contribution in [2.45, 2.75) is 27.2 Å². The summed E-state index contributed by atoms with van der Waals surface area (Å²) < 4.78 is 0. The molecule has 0 aromatic heterocycles. The van der Waals surface area contributed by atoms with Gasteiger partial charge in [-0.2, -0.15) is 0 Å². The van der Waals surface area contributed by atoms with Crippen molar-refractivity contribution in [2.24, 2.45) is 0 Å². The third kappa shape index (κ3) is 1.47. The molecule has 0 radical (unpaired) electrons. The lowest BCUT2D eigenvalue weighted by Crippen LogP contribution is -2.20. The Bertz CT molecular complexity index is 626. The maximum absolute atomic E-state index is 2.35. The molecule has 0 spiro atoms. The summed E-state index contributed by atoms with van der Waals surface area (Å²) in [6, 6.07) is 11.1. The fourth-order valence-electron chi connectivity index (χ4n) is 3.07. The molecule has 1 nitrogen and oxygen atoms in total. The number of para-hydroxylation sites is 1. The second-order valence-corrected chi connectivity index (χ2v) is 5.32. The number of benzene rings is 2. The highest BCUT2D eigenvalue weighted by atomic mass is 15.1. The first kappa shape index (κ1) is 11.3. The Balaban J connectivity index is 2.26. The van der Waals surface area contributed by atoms with Crippen LogP contribution < -0.4 is 4.90 Å². The van der Waals surface area contributed by atoms with Crippen LogP contribution in [0.1, 0.15) is 27.8 Å². The van der Waals surface area contributed by atoms with E-state index in [9.17, 15) is 0 Å². The number of aryl methyl sites for hydroxylation is 1. The standard InChI is InChI=1S/C17H19N/c1-11-9-15-10-14-7-5-6-8-16(14)18(4)17(15)13(3)12(11)2/h5-9H,10H2,1-4H3. The summed E-state index contributed by atoms with van der Waals surface area (Å²) in [5.41, 5.74) is 9.86. The van der Waals surface area contributed by atoms with E-state index < -0.39 is 0 Å². The zero-order chi connectivity index (χ0) is 12.9. The molecule has 0 N–H and O–H groups in total. The molecule has 1 aliphatic rings. The maximum atomic E-state index is 2.35. The first-order chi connectivity index (χ1) is 8.59. The van der Waals surface area contributed by atoms with Crippen LogP contribution in [-0.2, 0) is 6.42 Å². The van der Waals surface area contributed by atoms with Gasteiger partial charge in [-0.1, -0.05) is 24.3 Å². The Morgan fingerprint density at radius 1 is 0.944 bits per heavy atom. The van der Waals surface area contributed by atoms with Gasteiger partial charge in [0.15, 0.2) is 0 Å². The Hall–Kier alpha value is -1.76. The molecule has 1 aliphatic heterocycles. The Kier molecular flexibility index (Phi) is 2.44. The van der Waals surface area contributed by atoms with E-state index in [4.69, 9.17) is 0 Å². The average Bonchev–Trinajstić information content (AvgIpc) is 2.36. The van der Waals surface area contributed by atoms with Gasteiger partial charge in [-0.15, -0.1) is 0 Å². The van der Waals surface area contributed by atoms with Gasteiger partial charge in [0.1, 0.15) is 0 Å². The number of hydrogen-bond donors (Lipinski definition) is 0. The molecule has 2 aromatic rings. The van der Waals surface area contributed by atoms with Crippen LogP contribution in [0.15, 0.2) is 30.3 Å². The zero-order valence-electron chi connectivity index (χ0n) is 11.5. The summed E-state index contributed by atoms with van der Waals surface area (Å²) in [6.45, 7) is 6.67. The van der Waals surface area contributed by atoms with Crippen molar-refractivity contribution in [1.29, 1.82) is 0 Å². The highest BCUT2D eigenvalue weighted by Crippen LogP contribution is 2.41. The third-order valence-electron chi connectivity index (χ3n) is 4.27. The molecule has 92 valence electrons. The van der Waals surface area contributed by atoms with Crippen LogP contribution in [0.3, 0.4) is 0 Å². The third-order valence-corrected chi connectivity index (χ3v) is 4.27. The molecule has 0 unspecified atom stereocenters. The maximum Gasteiger partial charge on any atom is 0.0476 e. The molecule has 0 aliphatic carbocycles. The van der Waals surface area contributed by atoms with Crippen LogP contribution in [0.2, 0.25) is 0 Å². The van der Waals surface area contributed by atoms with Gasteiger partial charge >= 0.3 is 0 Å². The van der Waals surface area contributed by atoms with Gasteiger partial charge in [0.2, 0.25) is 0 Å². The second kappa shape index (κ2) is 3.88. The van der Waals surface area contributed by atoms with Gasteiger partial charge in [0, 0.05) is 24.8 Å². The smallest absolute Gasteiger partial charge is 0.0476 e. The molecule has 0 saturated heterocycles. The molecule has 1 heterocycles. The highest BCUT2D eigenvalue weighted by molar-refractivity contribution is 5.77. The van der Waals surface area contributed by atoms with Crippen LogP contribution in [-0.4, -0.2) is 7.05 Å². The van der Waals surface area contributed by atoms with E-state index in [0.717, 1.165) is 6.42 Å². The first-order valence-corrected chi connectivity index (χ1v) is 6.51. The molecule has 0 amide bonds.